The number of amides is 3. The molecule has 98 valence electrons. The van der Waals surface area contributed by atoms with Gasteiger partial charge in [-0.3, -0.25) is 14.4 Å². The lowest BCUT2D eigenvalue weighted by atomic mass is 10.1. The third-order valence-electron chi connectivity index (χ3n) is 1.86. The third kappa shape index (κ3) is 6.48. The van der Waals surface area contributed by atoms with Crippen molar-refractivity contribution < 1.29 is 19.5 Å². The van der Waals surface area contributed by atoms with Gasteiger partial charge in [-0.2, -0.15) is 0 Å². The Kier molecular flexibility index (Phi) is 6.83. The number of nitrogens with two attached hydrogens (primary N) is 1. The van der Waals surface area contributed by atoms with Gasteiger partial charge in [0.25, 0.3) is 0 Å². The van der Waals surface area contributed by atoms with Gasteiger partial charge in [0.15, 0.2) is 0 Å². The first-order valence-corrected chi connectivity index (χ1v) is 5.06. The van der Waals surface area contributed by atoms with Crippen LogP contribution < -0.4 is 21.7 Å². The van der Waals surface area contributed by atoms with Gasteiger partial charge in [0.2, 0.25) is 17.7 Å². The zero-order valence-corrected chi connectivity index (χ0v) is 9.82. The lowest BCUT2D eigenvalue weighted by Gasteiger charge is -2.20. The van der Waals surface area contributed by atoms with Crippen LogP contribution in [0.2, 0.25) is 0 Å². The van der Waals surface area contributed by atoms with Crippen LogP contribution in [0.3, 0.4) is 0 Å². The van der Waals surface area contributed by atoms with E-state index < -0.39 is 29.9 Å². The molecular weight excluding hydrogens is 228 g/mol. The highest BCUT2D eigenvalue weighted by Crippen LogP contribution is 1.93. The first-order valence-electron chi connectivity index (χ1n) is 5.06. The summed E-state index contributed by atoms with van der Waals surface area (Å²) in [5.74, 6) is -1.81. The third-order valence-corrected chi connectivity index (χ3v) is 1.86. The van der Waals surface area contributed by atoms with Gasteiger partial charge in [0.05, 0.1) is 19.2 Å². The summed E-state index contributed by atoms with van der Waals surface area (Å²) in [5.41, 5.74) is 4.85. The van der Waals surface area contributed by atoms with E-state index in [0.717, 1.165) is 0 Å². The number of hydrogen-bond donors (Lipinski definition) is 5. The second-order valence-electron chi connectivity index (χ2n) is 3.50. The highest BCUT2D eigenvalue weighted by molar-refractivity contribution is 5.91. The summed E-state index contributed by atoms with van der Waals surface area (Å²) in [6, 6.07) is -1.12. The fourth-order valence-corrected chi connectivity index (χ4v) is 1.07. The van der Waals surface area contributed by atoms with Gasteiger partial charge >= 0.3 is 0 Å². The molecule has 0 radical (unpaired) electrons. The van der Waals surface area contributed by atoms with Crippen LogP contribution >= 0.6 is 0 Å². The van der Waals surface area contributed by atoms with Crippen molar-refractivity contribution in [3.63, 3.8) is 0 Å². The van der Waals surface area contributed by atoms with Gasteiger partial charge in [-0.15, -0.1) is 0 Å². The van der Waals surface area contributed by atoms with Crippen molar-refractivity contribution in [1.29, 1.82) is 0 Å². The van der Waals surface area contributed by atoms with Crippen LogP contribution in [0.1, 0.15) is 6.92 Å². The van der Waals surface area contributed by atoms with E-state index in [2.05, 4.69) is 16.0 Å². The Morgan fingerprint density at radius 2 is 1.88 bits per heavy atom. The zero-order chi connectivity index (χ0) is 13.4. The van der Waals surface area contributed by atoms with Gasteiger partial charge < -0.3 is 26.8 Å². The van der Waals surface area contributed by atoms with Crippen molar-refractivity contribution in [3.8, 4) is 0 Å². The fourth-order valence-electron chi connectivity index (χ4n) is 1.07. The molecule has 8 nitrogen and oxygen atoms in total. The lowest BCUT2D eigenvalue weighted by molar-refractivity contribution is -0.132. The maximum atomic E-state index is 11.5. The second kappa shape index (κ2) is 7.58. The van der Waals surface area contributed by atoms with E-state index in [-0.39, 0.29) is 13.1 Å². The molecule has 0 saturated heterocycles. The summed E-state index contributed by atoms with van der Waals surface area (Å²) in [5, 5.41) is 16.5. The molecule has 0 aliphatic rings. The molecule has 0 spiro atoms. The Hall–Kier alpha value is -1.67. The Labute approximate surface area is 98.9 Å². The number of carbonyl (C=O) groups is 3. The van der Waals surface area contributed by atoms with Gasteiger partial charge in [0.1, 0.15) is 6.04 Å². The normalized spacial score (nSPS) is 13.6. The molecule has 0 aromatic heterocycles. The minimum absolute atomic E-state index is 0.0202. The van der Waals surface area contributed by atoms with Crippen molar-refractivity contribution in [2.75, 3.05) is 20.1 Å². The molecule has 0 fully saturated rings. The number of hydrogen-bond acceptors (Lipinski definition) is 5. The summed E-state index contributed by atoms with van der Waals surface area (Å²) in [4.78, 5) is 33.2. The number of aliphatic hydroxyl groups is 1. The SMILES string of the molecule is CNCC(=O)N[C@H](C(=O)NCC(N)=O)C(C)O. The van der Waals surface area contributed by atoms with E-state index in [0.29, 0.717) is 0 Å². The predicted molar refractivity (Wildman–Crippen MR) is 59.7 cm³/mol. The quantitative estimate of drug-likeness (QED) is 0.320. The first-order chi connectivity index (χ1) is 7.88. The van der Waals surface area contributed by atoms with Crippen LogP contribution in [0.25, 0.3) is 0 Å². The van der Waals surface area contributed by atoms with Crippen molar-refractivity contribution in [3.05, 3.63) is 0 Å². The average Bonchev–Trinajstić information content (AvgIpc) is 2.22. The molecule has 0 aliphatic heterocycles. The molecule has 0 aromatic carbocycles. The molecule has 8 heteroatoms. The predicted octanol–water partition coefficient (Wildman–Crippen LogP) is -3.33. The van der Waals surface area contributed by atoms with E-state index >= 15 is 0 Å². The summed E-state index contributed by atoms with van der Waals surface area (Å²) in [7, 11) is 1.57. The molecule has 0 aliphatic carbocycles. The summed E-state index contributed by atoms with van der Waals surface area (Å²) in [6.45, 7) is 1.03. The molecule has 0 heterocycles. The van der Waals surface area contributed by atoms with Crippen molar-refractivity contribution in [1.82, 2.24) is 16.0 Å². The molecule has 0 rings (SSSR count). The fraction of sp³-hybridized carbons (Fsp3) is 0.667. The monoisotopic (exact) mass is 246 g/mol. The smallest absolute Gasteiger partial charge is 0.245 e. The molecule has 0 saturated carbocycles. The number of likely N-dealkylation sites (N-methyl/N-ethyl adjacent to an activating group) is 1. The minimum Gasteiger partial charge on any atom is -0.391 e. The standard InChI is InChI=1S/C9H18N4O4/c1-5(14)8(13-7(16)4-11-2)9(17)12-3-6(10)15/h5,8,11,14H,3-4H2,1-2H3,(H2,10,15)(H,12,17)(H,13,16)/t5?,8-/m0/s1. The van der Waals surface area contributed by atoms with Gasteiger partial charge in [-0.05, 0) is 14.0 Å². The Morgan fingerprint density at radius 3 is 2.29 bits per heavy atom. The maximum absolute atomic E-state index is 11.5. The van der Waals surface area contributed by atoms with Crippen LogP contribution in [0.4, 0.5) is 0 Å². The topological polar surface area (TPSA) is 134 Å². The number of carbonyl (C=O) groups excluding carboxylic acids is 3. The lowest BCUT2D eigenvalue weighted by Crippen LogP contribution is -2.54. The van der Waals surface area contributed by atoms with Crippen LogP contribution in [0, 0.1) is 0 Å². The number of aliphatic hydroxyl groups excluding tert-OH is 1. The molecule has 17 heavy (non-hydrogen) atoms. The Morgan fingerprint density at radius 1 is 1.29 bits per heavy atom. The Bertz CT molecular complexity index is 293. The summed E-state index contributed by atoms with van der Waals surface area (Å²) >= 11 is 0. The molecule has 0 bridgehead atoms. The highest BCUT2D eigenvalue weighted by atomic mass is 16.3. The van der Waals surface area contributed by atoms with Crippen LogP contribution in [0.5, 0.6) is 0 Å². The van der Waals surface area contributed by atoms with E-state index in [1.54, 1.807) is 7.05 Å². The average molecular weight is 246 g/mol. The zero-order valence-electron chi connectivity index (χ0n) is 9.82. The number of nitrogens with one attached hydrogen (secondary N) is 3. The molecule has 1 unspecified atom stereocenters. The van der Waals surface area contributed by atoms with Crippen molar-refractivity contribution in [2.24, 2.45) is 5.73 Å². The van der Waals surface area contributed by atoms with E-state index in [1.807, 2.05) is 0 Å². The van der Waals surface area contributed by atoms with Crippen LogP contribution in [-0.2, 0) is 14.4 Å². The van der Waals surface area contributed by atoms with Gasteiger partial charge in [-0.1, -0.05) is 0 Å². The van der Waals surface area contributed by atoms with Gasteiger partial charge in [0, 0.05) is 0 Å². The van der Waals surface area contributed by atoms with E-state index in [4.69, 9.17) is 5.73 Å². The van der Waals surface area contributed by atoms with Crippen molar-refractivity contribution >= 4 is 17.7 Å². The van der Waals surface area contributed by atoms with Crippen LogP contribution in [-0.4, -0.2) is 55.1 Å². The Balaban J connectivity index is 4.36. The summed E-state index contributed by atoms with van der Waals surface area (Å²) in [6.07, 6.45) is -1.08. The van der Waals surface area contributed by atoms with Crippen LogP contribution in [0.15, 0.2) is 0 Å². The minimum atomic E-state index is -1.12. The molecule has 0 aromatic rings. The van der Waals surface area contributed by atoms with E-state index in [1.165, 1.54) is 6.92 Å². The molecular formula is C9H18N4O4. The molecule has 6 N–H and O–H groups in total. The number of primary amides is 1. The highest BCUT2D eigenvalue weighted by Gasteiger charge is 2.25. The van der Waals surface area contributed by atoms with E-state index in [9.17, 15) is 19.5 Å². The molecule has 2 atom stereocenters. The van der Waals surface area contributed by atoms with Gasteiger partial charge in [-0.25, -0.2) is 0 Å². The second-order valence-corrected chi connectivity index (χ2v) is 3.50. The maximum Gasteiger partial charge on any atom is 0.245 e. The summed E-state index contributed by atoms with van der Waals surface area (Å²) < 4.78 is 0. The molecule has 3 amide bonds. The first kappa shape index (κ1) is 15.3. The largest absolute Gasteiger partial charge is 0.391 e. The van der Waals surface area contributed by atoms with Crippen molar-refractivity contribution in [2.45, 2.75) is 19.1 Å². The number of rotatable bonds is 7.